The lowest BCUT2D eigenvalue weighted by atomic mass is 10.1. The van der Waals surface area contributed by atoms with Crippen LogP contribution in [0.25, 0.3) is 0 Å². The second-order valence-electron chi connectivity index (χ2n) is 7.37. The molecule has 1 aromatic carbocycles. The summed E-state index contributed by atoms with van der Waals surface area (Å²) in [5.41, 5.74) is 1.67. The second-order valence-corrected chi connectivity index (χ2v) is 7.37. The van der Waals surface area contributed by atoms with Crippen LogP contribution in [0.15, 0.2) is 24.3 Å². The molecule has 1 N–H and O–H groups in total. The van der Waals surface area contributed by atoms with Gasteiger partial charge in [-0.15, -0.1) is 0 Å². The summed E-state index contributed by atoms with van der Waals surface area (Å²) in [5, 5.41) is 3.02. The molecule has 0 unspecified atom stereocenters. The summed E-state index contributed by atoms with van der Waals surface area (Å²) in [5.74, 6) is -0.00448. The normalized spacial score (nSPS) is 16.9. The van der Waals surface area contributed by atoms with Crippen LogP contribution in [-0.4, -0.2) is 48.6 Å². The molecule has 0 radical (unpaired) electrons. The first-order valence-corrected chi connectivity index (χ1v) is 8.18. The van der Waals surface area contributed by atoms with E-state index in [9.17, 15) is 4.79 Å². The molecule has 1 aliphatic rings. The Morgan fingerprint density at radius 2 is 1.77 bits per heavy atom. The summed E-state index contributed by atoms with van der Waals surface area (Å²) >= 11 is 0. The quantitative estimate of drug-likeness (QED) is 0.932. The van der Waals surface area contributed by atoms with Gasteiger partial charge < -0.3 is 10.2 Å². The summed E-state index contributed by atoms with van der Waals surface area (Å²) in [4.78, 5) is 17.2. The summed E-state index contributed by atoms with van der Waals surface area (Å²) < 4.78 is 0. The highest BCUT2D eigenvalue weighted by Gasteiger charge is 2.20. The molecule has 1 saturated heterocycles. The Bertz CT molecular complexity index is 511. The van der Waals surface area contributed by atoms with Crippen molar-refractivity contribution in [1.82, 2.24) is 10.2 Å². The number of hydrogen-bond acceptors (Lipinski definition) is 3. The highest BCUT2D eigenvalue weighted by molar-refractivity contribution is 5.95. The van der Waals surface area contributed by atoms with Crippen molar-refractivity contribution in [1.29, 1.82) is 0 Å². The fraction of sp³-hybridized carbons (Fsp3) is 0.611. The lowest BCUT2D eigenvalue weighted by Crippen LogP contribution is -2.49. The molecule has 0 aromatic heterocycles. The summed E-state index contributed by atoms with van der Waals surface area (Å²) in [6.07, 6.45) is 0. The SMILES string of the molecule is CC(C)N1CCN(c2cccc(C(=O)NC(C)(C)C)c2)CC1. The molecule has 22 heavy (non-hydrogen) atoms. The molecular weight excluding hydrogens is 274 g/mol. The van der Waals surface area contributed by atoms with E-state index in [2.05, 4.69) is 35.0 Å². The molecule has 0 aliphatic carbocycles. The van der Waals surface area contributed by atoms with Gasteiger partial charge in [0.2, 0.25) is 0 Å². The predicted octanol–water partition coefficient (Wildman–Crippen LogP) is 2.75. The Labute approximate surface area is 134 Å². The van der Waals surface area contributed by atoms with Crippen LogP contribution in [0.1, 0.15) is 45.0 Å². The van der Waals surface area contributed by atoms with E-state index in [-0.39, 0.29) is 11.4 Å². The molecule has 1 aromatic rings. The Morgan fingerprint density at radius 1 is 1.14 bits per heavy atom. The summed E-state index contributed by atoms with van der Waals surface area (Å²) in [6, 6.07) is 8.56. The van der Waals surface area contributed by atoms with Crippen molar-refractivity contribution >= 4 is 11.6 Å². The van der Waals surface area contributed by atoms with Crippen LogP contribution >= 0.6 is 0 Å². The van der Waals surface area contributed by atoms with Crippen LogP contribution in [0.5, 0.6) is 0 Å². The first-order valence-electron chi connectivity index (χ1n) is 8.18. The lowest BCUT2D eigenvalue weighted by Gasteiger charge is -2.38. The number of piperazine rings is 1. The first-order chi connectivity index (χ1) is 10.3. The third kappa shape index (κ3) is 4.47. The number of rotatable bonds is 3. The van der Waals surface area contributed by atoms with Gasteiger partial charge in [-0.05, 0) is 52.8 Å². The average molecular weight is 303 g/mol. The Balaban J connectivity index is 2.05. The van der Waals surface area contributed by atoms with Crippen molar-refractivity contribution in [2.24, 2.45) is 0 Å². The van der Waals surface area contributed by atoms with E-state index >= 15 is 0 Å². The Morgan fingerprint density at radius 3 is 2.32 bits per heavy atom. The molecule has 0 atom stereocenters. The van der Waals surface area contributed by atoms with Crippen LogP contribution in [0.2, 0.25) is 0 Å². The van der Waals surface area contributed by atoms with Crippen molar-refractivity contribution in [3.63, 3.8) is 0 Å². The van der Waals surface area contributed by atoms with Gasteiger partial charge in [-0.3, -0.25) is 9.69 Å². The largest absolute Gasteiger partial charge is 0.369 e. The number of carbonyl (C=O) groups is 1. The van der Waals surface area contributed by atoms with E-state index < -0.39 is 0 Å². The third-order valence-corrected chi connectivity index (χ3v) is 4.01. The monoisotopic (exact) mass is 303 g/mol. The molecule has 1 fully saturated rings. The molecule has 122 valence electrons. The van der Waals surface area contributed by atoms with Gasteiger partial charge in [-0.2, -0.15) is 0 Å². The average Bonchev–Trinajstić information content (AvgIpc) is 2.46. The van der Waals surface area contributed by atoms with Crippen molar-refractivity contribution in [3.8, 4) is 0 Å². The molecule has 0 bridgehead atoms. The molecule has 4 nitrogen and oxygen atoms in total. The number of hydrogen-bond donors (Lipinski definition) is 1. The summed E-state index contributed by atoms with van der Waals surface area (Å²) in [6.45, 7) is 14.7. The van der Waals surface area contributed by atoms with Gasteiger partial charge in [-0.1, -0.05) is 6.07 Å². The number of nitrogens with one attached hydrogen (secondary N) is 1. The predicted molar refractivity (Wildman–Crippen MR) is 92.6 cm³/mol. The molecule has 2 rings (SSSR count). The van der Waals surface area contributed by atoms with Crippen molar-refractivity contribution in [3.05, 3.63) is 29.8 Å². The lowest BCUT2D eigenvalue weighted by molar-refractivity contribution is 0.0919. The molecule has 1 aliphatic heterocycles. The van der Waals surface area contributed by atoms with Gasteiger partial charge in [0.1, 0.15) is 0 Å². The minimum absolute atomic E-state index is 0.00448. The van der Waals surface area contributed by atoms with E-state index in [1.807, 2.05) is 39.0 Å². The third-order valence-electron chi connectivity index (χ3n) is 4.01. The maximum atomic E-state index is 12.3. The number of anilines is 1. The van der Waals surface area contributed by atoms with E-state index in [4.69, 9.17) is 0 Å². The van der Waals surface area contributed by atoms with Gasteiger partial charge >= 0.3 is 0 Å². The van der Waals surface area contributed by atoms with Crippen LogP contribution in [-0.2, 0) is 0 Å². The molecule has 0 saturated carbocycles. The van der Waals surface area contributed by atoms with Crippen LogP contribution in [0.3, 0.4) is 0 Å². The van der Waals surface area contributed by atoms with Crippen LogP contribution in [0.4, 0.5) is 5.69 Å². The number of benzene rings is 1. The highest BCUT2D eigenvalue weighted by atomic mass is 16.1. The molecular formula is C18H29N3O. The van der Waals surface area contributed by atoms with E-state index in [0.717, 1.165) is 37.4 Å². The Hall–Kier alpha value is -1.55. The van der Waals surface area contributed by atoms with Gasteiger partial charge in [0, 0.05) is 49.0 Å². The minimum Gasteiger partial charge on any atom is -0.369 e. The number of nitrogens with zero attached hydrogens (tertiary/aromatic N) is 2. The van der Waals surface area contributed by atoms with Crippen LogP contribution in [0, 0.1) is 0 Å². The Kier molecular flexibility index (Phi) is 5.12. The zero-order chi connectivity index (χ0) is 16.3. The number of carbonyl (C=O) groups excluding carboxylic acids is 1. The maximum absolute atomic E-state index is 12.3. The molecule has 4 heteroatoms. The zero-order valence-corrected chi connectivity index (χ0v) is 14.5. The van der Waals surface area contributed by atoms with Crippen molar-refractivity contribution < 1.29 is 4.79 Å². The zero-order valence-electron chi connectivity index (χ0n) is 14.5. The maximum Gasteiger partial charge on any atom is 0.251 e. The fourth-order valence-corrected chi connectivity index (χ4v) is 2.75. The van der Waals surface area contributed by atoms with Crippen molar-refractivity contribution in [2.45, 2.75) is 46.2 Å². The summed E-state index contributed by atoms with van der Waals surface area (Å²) in [7, 11) is 0. The minimum atomic E-state index is -0.212. The van der Waals surface area contributed by atoms with Gasteiger partial charge in [0.15, 0.2) is 0 Å². The molecule has 0 spiro atoms. The van der Waals surface area contributed by atoms with Crippen LogP contribution < -0.4 is 10.2 Å². The van der Waals surface area contributed by atoms with Crippen molar-refractivity contribution in [2.75, 3.05) is 31.1 Å². The highest BCUT2D eigenvalue weighted by Crippen LogP contribution is 2.19. The van der Waals surface area contributed by atoms with E-state index in [1.54, 1.807) is 0 Å². The topological polar surface area (TPSA) is 35.6 Å². The van der Waals surface area contributed by atoms with E-state index in [0.29, 0.717) is 6.04 Å². The van der Waals surface area contributed by atoms with Gasteiger partial charge in [0.05, 0.1) is 0 Å². The molecule has 1 amide bonds. The van der Waals surface area contributed by atoms with Gasteiger partial charge in [-0.25, -0.2) is 0 Å². The molecule has 1 heterocycles. The first kappa shape index (κ1) is 16.8. The standard InChI is InChI=1S/C18H29N3O/c1-14(2)20-9-11-21(12-10-20)16-8-6-7-15(13-16)17(22)19-18(3,4)5/h6-8,13-14H,9-12H2,1-5H3,(H,19,22). The second kappa shape index (κ2) is 6.69. The van der Waals surface area contributed by atoms with Gasteiger partial charge in [0.25, 0.3) is 5.91 Å². The van der Waals surface area contributed by atoms with E-state index in [1.165, 1.54) is 0 Å². The number of amides is 1. The fourth-order valence-electron chi connectivity index (χ4n) is 2.75. The smallest absolute Gasteiger partial charge is 0.251 e.